The van der Waals surface area contributed by atoms with Crippen LogP contribution in [0.4, 0.5) is 0 Å². The minimum absolute atomic E-state index is 0.122. The number of rotatable bonds is 5. The van der Waals surface area contributed by atoms with Crippen molar-refractivity contribution >= 4 is 0 Å². The summed E-state index contributed by atoms with van der Waals surface area (Å²) >= 11 is 0. The smallest absolute Gasteiger partial charge is 0.216 e. The Morgan fingerprint density at radius 3 is 2.96 bits per heavy atom. The van der Waals surface area contributed by atoms with E-state index < -0.39 is 0 Å². The van der Waals surface area contributed by atoms with Crippen molar-refractivity contribution in [2.45, 2.75) is 31.6 Å². The van der Waals surface area contributed by atoms with E-state index in [-0.39, 0.29) is 5.75 Å². The molecular formula is C18H22N2O3. The summed E-state index contributed by atoms with van der Waals surface area (Å²) < 4.78 is 11.3. The van der Waals surface area contributed by atoms with Crippen LogP contribution in [0.2, 0.25) is 0 Å². The molecule has 0 amide bonds. The van der Waals surface area contributed by atoms with Crippen LogP contribution in [-0.2, 0) is 0 Å². The van der Waals surface area contributed by atoms with Crippen LogP contribution in [0.5, 0.6) is 17.4 Å². The van der Waals surface area contributed by atoms with Gasteiger partial charge >= 0.3 is 0 Å². The normalized spacial score (nSPS) is 20.9. The first kappa shape index (κ1) is 15.6. The monoisotopic (exact) mass is 314 g/mol. The molecular weight excluding hydrogens is 292 g/mol. The molecule has 2 aromatic rings. The van der Waals surface area contributed by atoms with Gasteiger partial charge in [0.1, 0.15) is 11.5 Å². The Balaban J connectivity index is 1.74. The van der Waals surface area contributed by atoms with Gasteiger partial charge in [0.25, 0.3) is 0 Å². The van der Waals surface area contributed by atoms with Crippen LogP contribution in [0.1, 0.15) is 37.2 Å². The van der Waals surface area contributed by atoms with Gasteiger partial charge in [-0.1, -0.05) is 18.9 Å². The topological polar surface area (TPSA) is 64.5 Å². The Hall–Kier alpha value is -2.30. The molecule has 0 saturated heterocycles. The third-order valence-corrected chi connectivity index (χ3v) is 4.47. The van der Waals surface area contributed by atoms with Crippen LogP contribution < -0.4 is 9.47 Å². The fraction of sp³-hybridized carbons (Fsp3) is 0.444. The van der Waals surface area contributed by atoms with Gasteiger partial charge in [-0.05, 0) is 24.8 Å². The zero-order valence-corrected chi connectivity index (χ0v) is 13.3. The minimum Gasteiger partial charge on any atom is -0.506 e. The fourth-order valence-electron chi connectivity index (χ4n) is 3.36. The van der Waals surface area contributed by atoms with Crippen molar-refractivity contribution in [1.29, 1.82) is 0 Å². The Labute approximate surface area is 136 Å². The summed E-state index contributed by atoms with van der Waals surface area (Å²) in [6.07, 6.45) is 9.45. The number of hydrogen-bond acceptors (Lipinski definition) is 5. The van der Waals surface area contributed by atoms with Crippen molar-refractivity contribution in [2.24, 2.45) is 5.92 Å². The van der Waals surface area contributed by atoms with Gasteiger partial charge in [-0.25, -0.2) is 4.98 Å². The first-order chi connectivity index (χ1) is 11.3. The lowest BCUT2D eigenvalue weighted by Crippen LogP contribution is -2.24. The number of aromatic nitrogens is 2. The molecule has 0 bridgehead atoms. The van der Waals surface area contributed by atoms with Crippen LogP contribution in [0.15, 0.2) is 36.8 Å². The number of pyridine rings is 2. The first-order valence-corrected chi connectivity index (χ1v) is 8.03. The third kappa shape index (κ3) is 3.73. The molecule has 5 nitrogen and oxygen atoms in total. The maximum atomic E-state index is 9.48. The molecule has 1 saturated carbocycles. The summed E-state index contributed by atoms with van der Waals surface area (Å²) in [6.45, 7) is 0.605. The van der Waals surface area contributed by atoms with Crippen LogP contribution in [-0.4, -0.2) is 28.8 Å². The second-order valence-electron chi connectivity index (χ2n) is 5.94. The van der Waals surface area contributed by atoms with Gasteiger partial charge in [-0.2, -0.15) is 0 Å². The molecule has 0 radical (unpaired) electrons. The number of hydrogen-bond donors (Lipinski definition) is 1. The van der Waals surface area contributed by atoms with E-state index in [2.05, 4.69) is 16.0 Å². The molecule has 1 aliphatic rings. The molecule has 2 aromatic heterocycles. The van der Waals surface area contributed by atoms with Crippen molar-refractivity contribution in [1.82, 2.24) is 9.97 Å². The van der Waals surface area contributed by atoms with Crippen LogP contribution >= 0.6 is 0 Å². The van der Waals surface area contributed by atoms with E-state index in [1.165, 1.54) is 19.0 Å². The van der Waals surface area contributed by atoms with Crippen LogP contribution in [0.3, 0.4) is 0 Å². The molecule has 2 heterocycles. The molecule has 2 atom stereocenters. The van der Waals surface area contributed by atoms with E-state index in [9.17, 15) is 5.11 Å². The highest BCUT2D eigenvalue weighted by atomic mass is 16.5. The number of aromatic hydroxyl groups is 1. The van der Waals surface area contributed by atoms with Gasteiger partial charge in [0.2, 0.25) is 5.88 Å². The first-order valence-electron chi connectivity index (χ1n) is 8.03. The summed E-state index contributed by atoms with van der Waals surface area (Å²) in [7, 11) is 1.67. The molecule has 0 aromatic carbocycles. The number of methoxy groups -OCH3 is 1. The molecule has 1 fully saturated rings. The molecule has 0 spiro atoms. The lowest BCUT2D eigenvalue weighted by molar-refractivity contribution is 0.183. The fourth-order valence-corrected chi connectivity index (χ4v) is 3.36. The highest BCUT2D eigenvalue weighted by Crippen LogP contribution is 2.40. The van der Waals surface area contributed by atoms with Crippen molar-refractivity contribution in [2.75, 3.05) is 13.7 Å². The Morgan fingerprint density at radius 2 is 2.13 bits per heavy atom. The second-order valence-corrected chi connectivity index (χ2v) is 5.94. The summed E-state index contributed by atoms with van der Waals surface area (Å²) in [5.41, 5.74) is 1.16. The molecule has 5 heteroatoms. The van der Waals surface area contributed by atoms with E-state index in [4.69, 9.17) is 9.47 Å². The Morgan fingerprint density at radius 1 is 1.26 bits per heavy atom. The van der Waals surface area contributed by atoms with Gasteiger partial charge in [-0.3, -0.25) is 4.98 Å². The zero-order valence-electron chi connectivity index (χ0n) is 13.3. The van der Waals surface area contributed by atoms with Gasteiger partial charge in [0, 0.05) is 23.7 Å². The lowest BCUT2D eigenvalue weighted by atomic mass is 9.76. The molecule has 2 unspecified atom stereocenters. The minimum atomic E-state index is 0.122. The quantitative estimate of drug-likeness (QED) is 0.914. The average molecular weight is 314 g/mol. The maximum absolute atomic E-state index is 9.48. The van der Waals surface area contributed by atoms with E-state index in [1.54, 1.807) is 25.6 Å². The standard InChI is InChI=1S/C18H22N2O3/c1-22-18-17(7-4-8-20-18)16-6-3-2-5-13(16)12-23-15-9-14(21)10-19-11-15/h4,7-11,13,16,21H,2-3,5-6,12H2,1H3. The summed E-state index contributed by atoms with van der Waals surface area (Å²) in [5.74, 6) is 2.23. The number of ether oxygens (including phenoxy) is 2. The summed E-state index contributed by atoms with van der Waals surface area (Å²) in [4.78, 5) is 8.28. The lowest BCUT2D eigenvalue weighted by Gasteiger charge is -2.32. The van der Waals surface area contributed by atoms with Gasteiger partial charge < -0.3 is 14.6 Å². The van der Waals surface area contributed by atoms with E-state index in [0.717, 1.165) is 18.4 Å². The largest absolute Gasteiger partial charge is 0.506 e. The second kappa shape index (κ2) is 7.31. The highest BCUT2D eigenvalue weighted by molar-refractivity contribution is 5.31. The SMILES string of the molecule is COc1ncccc1C1CCCCC1COc1cncc(O)c1. The van der Waals surface area contributed by atoms with Crippen LogP contribution in [0.25, 0.3) is 0 Å². The third-order valence-electron chi connectivity index (χ3n) is 4.47. The van der Waals surface area contributed by atoms with E-state index in [0.29, 0.717) is 30.1 Å². The Bertz CT molecular complexity index is 648. The average Bonchev–Trinajstić information content (AvgIpc) is 2.60. The predicted octanol–water partition coefficient (Wildman–Crippen LogP) is 3.54. The molecule has 23 heavy (non-hydrogen) atoms. The predicted molar refractivity (Wildman–Crippen MR) is 86.9 cm³/mol. The molecule has 122 valence electrons. The van der Waals surface area contributed by atoms with Crippen molar-refractivity contribution in [3.8, 4) is 17.4 Å². The Kier molecular flexibility index (Phi) is 4.95. The maximum Gasteiger partial charge on any atom is 0.216 e. The van der Waals surface area contributed by atoms with E-state index in [1.807, 2.05) is 6.07 Å². The molecule has 1 N–H and O–H groups in total. The number of nitrogens with zero attached hydrogens (tertiary/aromatic N) is 2. The zero-order chi connectivity index (χ0) is 16.1. The van der Waals surface area contributed by atoms with E-state index >= 15 is 0 Å². The van der Waals surface area contributed by atoms with Crippen LogP contribution in [0, 0.1) is 5.92 Å². The van der Waals surface area contributed by atoms with Gasteiger partial charge in [0.15, 0.2) is 0 Å². The highest BCUT2D eigenvalue weighted by Gasteiger charge is 2.29. The molecule has 0 aliphatic heterocycles. The van der Waals surface area contributed by atoms with Gasteiger partial charge in [-0.15, -0.1) is 0 Å². The molecule has 3 rings (SSSR count). The van der Waals surface area contributed by atoms with Crippen molar-refractivity contribution in [3.05, 3.63) is 42.4 Å². The van der Waals surface area contributed by atoms with Crippen molar-refractivity contribution in [3.63, 3.8) is 0 Å². The molecule has 1 aliphatic carbocycles. The summed E-state index contributed by atoms with van der Waals surface area (Å²) in [5, 5.41) is 9.48. The van der Waals surface area contributed by atoms with Gasteiger partial charge in [0.05, 0.1) is 26.1 Å². The van der Waals surface area contributed by atoms with Crippen molar-refractivity contribution < 1.29 is 14.6 Å². The summed E-state index contributed by atoms with van der Waals surface area (Å²) in [6, 6.07) is 5.66.